The van der Waals surface area contributed by atoms with E-state index >= 15 is 0 Å². The highest BCUT2D eigenvalue weighted by Gasteiger charge is 2.12. The maximum absolute atomic E-state index is 12.5. The van der Waals surface area contributed by atoms with Gasteiger partial charge in [0.2, 0.25) is 5.91 Å². The van der Waals surface area contributed by atoms with E-state index in [-0.39, 0.29) is 12.5 Å². The van der Waals surface area contributed by atoms with Gasteiger partial charge in [-0.25, -0.2) is 4.79 Å². The van der Waals surface area contributed by atoms with Crippen molar-refractivity contribution < 1.29 is 19.1 Å². The summed E-state index contributed by atoms with van der Waals surface area (Å²) in [7, 11) is 3.03. The van der Waals surface area contributed by atoms with Gasteiger partial charge in [-0.2, -0.15) is 0 Å². The van der Waals surface area contributed by atoms with Crippen LogP contribution in [0.3, 0.4) is 0 Å². The van der Waals surface area contributed by atoms with E-state index < -0.39 is 11.9 Å². The molecule has 0 aliphatic carbocycles. The lowest BCUT2D eigenvalue weighted by molar-refractivity contribution is -0.118. The summed E-state index contributed by atoms with van der Waals surface area (Å²) in [5.41, 5.74) is 2.01. The van der Waals surface area contributed by atoms with E-state index in [1.165, 1.54) is 7.05 Å². The van der Waals surface area contributed by atoms with Crippen molar-refractivity contribution in [3.05, 3.63) is 59.7 Å². The Morgan fingerprint density at radius 1 is 1.00 bits per heavy atom. The number of amides is 4. The van der Waals surface area contributed by atoms with Gasteiger partial charge in [0.05, 0.1) is 19.2 Å². The van der Waals surface area contributed by atoms with Crippen molar-refractivity contribution in [2.75, 3.05) is 32.6 Å². The SMILES string of the molecule is CNC(=O)NC(=O)CNc1ccccc1C(=O)NCCc1ccc(OC)cc1. The van der Waals surface area contributed by atoms with Crippen LogP contribution in [0.5, 0.6) is 5.75 Å². The number of para-hydroxylation sites is 1. The Morgan fingerprint density at radius 2 is 1.71 bits per heavy atom. The van der Waals surface area contributed by atoms with E-state index in [0.29, 0.717) is 24.2 Å². The molecule has 28 heavy (non-hydrogen) atoms. The van der Waals surface area contributed by atoms with E-state index in [2.05, 4.69) is 21.3 Å². The van der Waals surface area contributed by atoms with Crippen LogP contribution in [0.15, 0.2) is 48.5 Å². The van der Waals surface area contributed by atoms with E-state index in [1.54, 1.807) is 31.4 Å². The molecule has 4 N–H and O–H groups in total. The third kappa shape index (κ3) is 6.31. The van der Waals surface area contributed by atoms with Gasteiger partial charge in [0.25, 0.3) is 5.91 Å². The Hall–Kier alpha value is -3.55. The minimum absolute atomic E-state index is 0.135. The number of anilines is 1. The summed E-state index contributed by atoms with van der Waals surface area (Å²) >= 11 is 0. The maximum Gasteiger partial charge on any atom is 0.321 e. The Balaban J connectivity index is 1.88. The fourth-order valence-corrected chi connectivity index (χ4v) is 2.45. The molecule has 0 aliphatic heterocycles. The second-order valence-corrected chi connectivity index (χ2v) is 5.88. The highest BCUT2D eigenvalue weighted by molar-refractivity contribution is 6.01. The number of benzene rings is 2. The van der Waals surface area contributed by atoms with Crippen LogP contribution in [0.25, 0.3) is 0 Å². The van der Waals surface area contributed by atoms with Gasteiger partial charge in [-0.05, 0) is 36.2 Å². The van der Waals surface area contributed by atoms with Crippen molar-refractivity contribution in [3.8, 4) is 5.75 Å². The molecule has 8 heteroatoms. The number of urea groups is 1. The van der Waals surface area contributed by atoms with Gasteiger partial charge >= 0.3 is 6.03 Å². The van der Waals surface area contributed by atoms with Gasteiger partial charge in [0, 0.05) is 19.3 Å². The molecular weight excluding hydrogens is 360 g/mol. The molecule has 2 aromatic rings. The molecule has 0 spiro atoms. The predicted octanol–water partition coefficient (Wildman–Crippen LogP) is 1.54. The van der Waals surface area contributed by atoms with Crippen LogP contribution in [0, 0.1) is 0 Å². The maximum atomic E-state index is 12.5. The van der Waals surface area contributed by atoms with E-state index in [9.17, 15) is 14.4 Å². The second kappa shape index (κ2) is 10.6. The lowest BCUT2D eigenvalue weighted by Gasteiger charge is -2.12. The van der Waals surface area contributed by atoms with Crippen LogP contribution >= 0.6 is 0 Å². The zero-order chi connectivity index (χ0) is 20.4. The topological polar surface area (TPSA) is 109 Å². The first-order valence-corrected chi connectivity index (χ1v) is 8.79. The molecule has 0 aliphatic rings. The first-order valence-electron chi connectivity index (χ1n) is 8.79. The van der Waals surface area contributed by atoms with E-state index in [1.807, 2.05) is 24.3 Å². The molecule has 0 heterocycles. The molecule has 0 saturated heterocycles. The molecule has 2 aromatic carbocycles. The fraction of sp³-hybridized carbons (Fsp3) is 0.250. The average molecular weight is 384 g/mol. The number of nitrogens with one attached hydrogen (secondary N) is 4. The normalized spacial score (nSPS) is 9.93. The highest BCUT2D eigenvalue weighted by atomic mass is 16.5. The molecule has 0 radical (unpaired) electrons. The number of imide groups is 1. The number of ether oxygens (including phenoxy) is 1. The van der Waals surface area contributed by atoms with E-state index in [4.69, 9.17) is 4.74 Å². The Morgan fingerprint density at radius 3 is 2.39 bits per heavy atom. The van der Waals surface area contributed by atoms with Gasteiger partial charge in [0.1, 0.15) is 5.75 Å². The summed E-state index contributed by atoms with van der Waals surface area (Å²) in [5, 5.41) is 10.2. The summed E-state index contributed by atoms with van der Waals surface area (Å²) in [4.78, 5) is 35.3. The Labute approximate surface area is 163 Å². The fourth-order valence-electron chi connectivity index (χ4n) is 2.45. The third-order valence-electron chi connectivity index (χ3n) is 3.95. The molecule has 0 saturated carbocycles. The number of carbonyl (C=O) groups is 3. The molecular formula is C20H24N4O4. The molecule has 148 valence electrons. The van der Waals surface area contributed by atoms with Crippen LogP contribution in [-0.2, 0) is 11.2 Å². The minimum Gasteiger partial charge on any atom is -0.497 e. The summed E-state index contributed by atoms with van der Waals surface area (Å²) in [5.74, 6) is 0.0330. The molecule has 0 atom stereocenters. The van der Waals surface area contributed by atoms with Crippen molar-refractivity contribution >= 4 is 23.5 Å². The summed E-state index contributed by atoms with van der Waals surface area (Å²) in [6, 6.07) is 13.9. The average Bonchev–Trinajstić information content (AvgIpc) is 2.72. The first kappa shape index (κ1) is 20.8. The summed E-state index contributed by atoms with van der Waals surface area (Å²) < 4.78 is 5.12. The van der Waals surface area contributed by atoms with Crippen LogP contribution in [0.4, 0.5) is 10.5 Å². The molecule has 0 fully saturated rings. The molecule has 8 nitrogen and oxygen atoms in total. The summed E-state index contributed by atoms with van der Waals surface area (Å²) in [6.07, 6.45) is 0.680. The van der Waals surface area contributed by atoms with E-state index in [0.717, 1.165) is 11.3 Å². The van der Waals surface area contributed by atoms with Gasteiger partial charge in [-0.3, -0.25) is 14.9 Å². The van der Waals surface area contributed by atoms with Gasteiger partial charge in [-0.1, -0.05) is 24.3 Å². The number of methoxy groups -OCH3 is 1. The zero-order valence-corrected chi connectivity index (χ0v) is 15.9. The van der Waals surface area contributed by atoms with Crippen LogP contribution in [0.1, 0.15) is 15.9 Å². The molecule has 0 aromatic heterocycles. The lowest BCUT2D eigenvalue weighted by atomic mass is 10.1. The first-order chi connectivity index (χ1) is 13.5. The second-order valence-electron chi connectivity index (χ2n) is 5.88. The van der Waals surface area contributed by atoms with Crippen molar-refractivity contribution in [1.82, 2.24) is 16.0 Å². The van der Waals surface area contributed by atoms with Crippen LogP contribution in [-0.4, -0.2) is 45.1 Å². The van der Waals surface area contributed by atoms with Crippen molar-refractivity contribution in [3.63, 3.8) is 0 Å². The molecule has 0 unspecified atom stereocenters. The number of carbonyl (C=O) groups excluding carboxylic acids is 3. The monoisotopic (exact) mass is 384 g/mol. The predicted molar refractivity (Wildman–Crippen MR) is 107 cm³/mol. The largest absolute Gasteiger partial charge is 0.497 e. The standard InChI is InChI=1S/C20H24N4O4/c1-21-20(27)24-18(25)13-23-17-6-4-3-5-16(17)19(26)22-12-11-14-7-9-15(28-2)10-8-14/h3-10,23H,11-13H2,1-2H3,(H,22,26)(H2,21,24,25,27). The molecule has 2 rings (SSSR count). The Bertz CT molecular complexity index is 821. The summed E-state index contributed by atoms with van der Waals surface area (Å²) in [6.45, 7) is 0.334. The minimum atomic E-state index is -0.587. The number of rotatable bonds is 8. The van der Waals surface area contributed by atoms with Gasteiger partial charge in [-0.15, -0.1) is 0 Å². The number of hydrogen-bond acceptors (Lipinski definition) is 5. The lowest BCUT2D eigenvalue weighted by Crippen LogP contribution is -2.40. The van der Waals surface area contributed by atoms with Crippen molar-refractivity contribution in [1.29, 1.82) is 0 Å². The van der Waals surface area contributed by atoms with Crippen molar-refractivity contribution in [2.45, 2.75) is 6.42 Å². The van der Waals surface area contributed by atoms with Crippen molar-refractivity contribution in [2.24, 2.45) is 0 Å². The highest BCUT2D eigenvalue weighted by Crippen LogP contribution is 2.15. The van der Waals surface area contributed by atoms with Gasteiger partial charge < -0.3 is 20.7 Å². The quantitative estimate of drug-likeness (QED) is 0.552. The van der Waals surface area contributed by atoms with Gasteiger partial charge in [0.15, 0.2) is 0 Å². The molecule has 4 amide bonds. The molecule has 0 bridgehead atoms. The zero-order valence-electron chi connectivity index (χ0n) is 15.9. The smallest absolute Gasteiger partial charge is 0.321 e. The Kier molecular flexibility index (Phi) is 7.83. The van der Waals surface area contributed by atoms with Crippen LogP contribution < -0.4 is 26.0 Å². The number of hydrogen-bond donors (Lipinski definition) is 4. The van der Waals surface area contributed by atoms with Crippen LogP contribution in [0.2, 0.25) is 0 Å². The third-order valence-corrected chi connectivity index (χ3v) is 3.95.